The number of aromatic nitrogens is 2. The lowest BCUT2D eigenvalue weighted by atomic mass is 9.94. The third kappa shape index (κ3) is 4.45. The van der Waals surface area contributed by atoms with Gasteiger partial charge in [0.15, 0.2) is 5.03 Å². The van der Waals surface area contributed by atoms with Crippen molar-refractivity contribution in [2.75, 3.05) is 20.1 Å². The lowest BCUT2D eigenvalue weighted by molar-refractivity contribution is 0.291. The summed E-state index contributed by atoms with van der Waals surface area (Å²) in [5, 5.41) is 0.0830. The van der Waals surface area contributed by atoms with Gasteiger partial charge < -0.3 is 10.3 Å². The Hall–Kier alpha value is -0.630. The molecular weight excluding hydrogens is 288 g/mol. The summed E-state index contributed by atoms with van der Waals surface area (Å²) in [6, 6.07) is 0. The van der Waals surface area contributed by atoms with Gasteiger partial charge in [-0.1, -0.05) is 13.8 Å². The fourth-order valence-electron chi connectivity index (χ4n) is 1.56. The van der Waals surface area contributed by atoms with Crippen LogP contribution in [0.25, 0.3) is 0 Å². The third-order valence-corrected chi connectivity index (χ3v) is 4.54. The van der Waals surface area contributed by atoms with Crippen LogP contribution in [0.15, 0.2) is 17.6 Å². The second-order valence-electron chi connectivity index (χ2n) is 5.17. The van der Waals surface area contributed by atoms with E-state index in [-0.39, 0.29) is 22.8 Å². The second-order valence-corrected chi connectivity index (χ2v) is 7.16. The van der Waals surface area contributed by atoms with Crippen LogP contribution in [0.5, 0.6) is 0 Å². The van der Waals surface area contributed by atoms with E-state index in [0.717, 1.165) is 0 Å². The van der Waals surface area contributed by atoms with Crippen molar-refractivity contribution in [3.05, 3.63) is 12.5 Å². The van der Waals surface area contributed by atoms with Crippen LogP contribution in [0.2, 0.25) is 0 Å². The lowest BCUT2D eigenvalue weighted by Gasteiger charge is -2.27. The SMILES string of the molecule is CCn1cnc(S(=O)(=O)N(C)CC(C)(C)CN)c1.Cl. The van der Waals surface area contributed by atoms with Crippen molar-refractivity contribution < 1.29 is 8.42 Å². The highest BCUT2D eigenvalue weighted by Gasteiger charge is 2.28. The number of hydrogen-bond acceptors (Lipinski definition) is 4. The molecule has 0 spiro atoms. The molecule has 0 saturated heterocycles. The van der Waals surface area contributed by atoms with E-state index in [1.807, 2.05) is 20.8 Å². The zero-order valence-corrected chi connectivity index (χ0v) is 13.5. The van der Waals surface area contributed by atoms with Crippen molar-refractivity contribution in [1.82, 2.24) is 13.9 Å². The van der Waals surface area contributed by atoms with Gasteiger partial charge in [-0.05, 0) is 18.9 Å². The van der Waals surface area contributed by atoms with Crippen molar-refractivity contribution in [2.45, 2.75) is 32.3 Å². The van der Waals surface area contributed by atoms with E-state index >= 15 is 0 Å². The molecular formula is C11H23ClN4O2S. The van der Waals surface area contributed by atoms with E-state index in [0.29, 0.717) is 19.6 Å². The van der Waals surface area contributed by atoms with E-state index in [1.54, 1.807) is 17.8 Å². The van der Waals surface area contributed by atoms with Crippen LogP contribution in [-0.4, -0.2) is 42.4 Å². The van der Waals surface area contributed by atoms with Gasteiger partial charge in [0, 0.05) is 26.3 Å². The molecule has 0 radical (unpaired) electrons. The first-order chi connectivity index (χ1) is 8.23. The van der Waals surface area contributed by atoms with Crippen LogP contribution in [0.1, 0.15) is 20.8 Å². The first kappa shape index (κ1) is 18.4. The Morgan fingerprint density at radius 2 is 2.05 bits per heavy atom. The highest BCUT2D eigenvalue weighted by Crippen LogP contribution is 2.19. The summed E-state index contributed by atoms with van der Waals surface area (Å²) in [6.45, 7) is 7.29. The van der Waals surface area contributed by atoms with Crippen LogP contribution in [0, 0.1) is 5.41 Å². The van der Waals surface area contributed by atoms with Gasteiger partial charge in [-0.25, -0.2) is 13.4 Å². The average Bonchev–Trinajstić information content (AvgIpc) is 2.77. The van der Waals surface area contributed by atoms with Crippen LogP contribution in [0.3, 0.4) is 0 Å². The predicted molar refractivity (Wildman–Crippen MR) is 77.8 cm³/mol. The molecule has 6 nitrogen and oxygen atoms in total. The highest BCUT2D eigenvalue weighted by molar-refractivity contribution is 7.89. The van der Waals surface area contributed by atoms with Crippen LogP contribution >= 0.6 is 12.4 Å². The fraction of sp³-hybridized carbons (Fsp3) is 0.727. The Bertz CT molecular complexity index is 499. The molecule has 1 aromatic heterocycles. The summed E-state index contributed by atoms with van der Waals surface area (Å²) in [7, 11) is -1.97. The van der Waals surface area contributed by atoms with E-state index < -0.39 is 10.0 Å². The summed E-state index contributed by atoms with van der Waals surface area (Å²) in [5.74, 6) is 0. The minimum absolute atomic E-state index is 0. The van der Waals surface area contributed by atoms with E-state index in [4.69, 9.17) is 5.73 Å². The Balaban J connectivity index is 0.00000324. The maximum Gasteiger partial charge on any atom is 0.261 e. The van der Waals surface area contributed by atoms with Crippen molar-refractivity contribution in [3.8, 4) is 0 Å². The lowest BCUT2D eigenvalue weighted by Crippen LogP contribution is -2.39. The minimum atomic E-state index is -3.53. The first-order valence-electron chi connectivity index (χ1n) is 5.91. The van der Waals surface area contributed by atoms with Gasteiger partial charge in [0.1, 0.15) is 0 Å². The first-order valence-corrected chi connectivity index (χ1v) is 7.35. The zero-order chi connectivity index (χ0) is 14.0. The van der Waals surface area contributed by atoms with Crippen molar-refractivity contribution in [1.29, 1.82) is 0 Å². The smallest absolute Gasteiger partial charge is 0.261 e. The standard InChI is InChI=1S/C11H22N4O2S.ClH/c1-5-15-6-10(13-9-15)18(16,17)14(4)8-11(2,3)7-12;/h6,9H,5,7-8,12H2,1-4H3;1H. The van der Waals surface area contributed by atoms with E-state index in [2.05, 4.69) is 4.98 Å². The molecule has 0 atom stereocenters. The third-order valence-electron chi connectivity index (χ3n) is 2.85. The summed E-state index contributed by atoms with van der Waals surface area (Å²) in [4.78, 5) is 3.94. The summed E-state index contributed by atoms with van der Waals surface area (Å²) >= 11 is 0. The molecule has 0 unspecified atom stereocenters. The number of nitrogens with zero attached hydrogens (tertiary/aromatic N) is 3. The Kier molecular flexibility index (Phi) is 6.47. The fourth-order valence-corrected chi connectivity index (χ4v) is 2.85. The number of aryl methyl sites for hydroxylation is 1. The quantitative estimate of drug-likeness (QED) is 0.847. The number of hydrogen-bond donors (Lipinski definition) is 1. The normalized spacial score (nSPS) is 12.5. The molecule has 0 aliphatic carbocycles. The van der Waals surface area contributed by atoms with Gasteiger partial charge >= 0.3 is 0 Å². The van der Waals surface area contributed by atoms with Gasteiger partial charge in [0.2, 0.25) is 0 Å². The highest BCUT2D eigenvalue weighted by atomic mass is 35.5. The molecule has 1 rings (SSSR count). The number of nitrogens with two attached hydrogens (primary N) is 1. The number of sulfonamides is 1. The second kappa shape index (κ2) is 6.69. The average molecular weight is 311 g/mol. The van der Waals surface area contributed by atoms with Crippen molar-refractivity contribution >= 4 is 22.4 Å². The molecule has 0 amide bonds. The Morgan fingerprint density at radius 3 is 2.47 bits per heavy atom. The van der Waals surface area contributed by atoms with Crippen LogP contribution in [-0.2, 0) is 16.6 Å². The number of imidazole rings is 1. The van der Waals surface area contributed by atoms with Gasteiger partial charge in [0.25, 0.3) is 10.0 Å². The molecule has 2 N–H and O–H groups in total. The van der Waals surface area contributed by atoms with Gasteiger partial charge in [0.05, 0.1) is 6.33 Å². The van der Waals surface area contributed by atoms with E-state index in [9.17, 15) is 8.42 Å². The molecule has 8 heteroatoms. The van der Waals surface area contributed by atoms with Gasteiger partial charge in [-0.15, -0.1) is 12.4 Å². The van der Waals surface area contributed by atoms with Crippen molar-refractivity contribution in [2.24, 2.45) is 11.1 Å². The number of halogens is 1. The van der Waals surface area contributed by atoms with Crippen LogP contribution in [0.4, 0.5) is 0 Å². The largest absolute Gasteiger partial charge is 0.336 e. The Labute approximate surface area is 121 Å². The predicted octanol–water partition coefficient (Wildman–Crippen LogP) is 0.930. The minimum Gasteiger partial charge on any atom is -0.336 e. The topological polar surface area (TPSA) is 81.2 Å². The molecule has 112 valence electrons. The molecule has 0 fully saturated rings. The maximum atomic E-state index is 12.3. The summed E-state index contributed by atoms with van der Waals surface area (Å²) in [5.41, 5.74) is 5.37. The molecule has 0 aliphatic heterocycles. The molecule has 0 aromatic carbocycles. The number of rotatable bonds is 6. The zero-order valence-electron chi connectivity index (χ0n) is 11.8. The molecule has 1 aromatic rings. The monoisotopic (exact) mass is 310 g/mol. The maximum absolute atomic E-state index is 12.3. The molecule has 1 heterocycles. The molecule has 0 aliphatic rings. The van der Waals surface area contributed by atoms with E-state index in [1.165, 1.54) is 10.6 Å². The summed E-state index contributed by atoms with van der Waals surface area (Å²) in [6.07, 6.45) is 3.07. The summed E-state index contributed by atoms with van der Waals surface area (Å²) < 4.78 is 27.6. The molecule has 19 heavy (non-hydrogen) atoms. The van der Waals surface area contributed by atoms with Crippen LogP contribution < -0.4 is 5.73 Å². The molecule has 0 bridgehead atoms. The molecule has 0 saturated carbocycles. The van der Waals surface area contributed by atoms with Gasteiger partial charge in [-0.3, -0.25) is 0 Å². The Morgan fingerprint density at radius 1 is 1.47 bits per heavy atom. The van der Waals surface area contributed by atoms with Crippen molar-refractivity contribution in [3.63, 3.8) is 0 Å². The van der Waals surface area contributed by atoms with Gasteiger partial charge in [-0.2, -0.15) is 4.31 Å².